The molecule has 2 nitrogen and oxygen atoms in total. The molecule has 2 aromatic heterocycles. The number of fused-ring (bicyclic) bond motifs is 3. The molecule has 13 heavy (non-hydrogen) atoms. The molecule has 0 unspecified atom stereocenters. The van der Waals surface area contributed by atoms with Crippen LogP contribution in [0, 0.1) is 0 Å². The summed E-state index contributed by atoms with van der Waals surface area (Å²) in [5.41, 5.74) is 0.782. The highest BCUT2D eigenvalue weighted by molar-refractivity contribution is 7.18. The standard InChI is InChI=1S/C10H6O2S/c11-8-5-12-9-7(8)2-1-6-3-4-13-10(6)9/h1-5,11H. The van der Waals surface area contributed by atoms with Crippen molar-refractivity contribution < 1.29 is 9.52 Å². The minimum Gasteiger partial charge on any atom is -0.504 e. The number of hydrogen-bond donors (Lipinski definition) is 1. The van der Waals surface area contributed by atoms with E-state index in [1.807, 2.05) is 23.6 Å². The molecule has 3 aromatic rings. The van der Waals surface area contributed by atoms with E-state index in [0.29, 0.717) is 0 Å². The van der Waals surface area contributed by atoms with Crippen molar-refractivity contribution >= 4 is 32.4 Å². The van der Waals surface area contributed by atoms with E-state index in [2.05, 4.69) is 0 Å². The van der Waals surface area contributed by atoms with Gasteiger partial charge in [0.1, 0.15) is 6.26 Å². The Kier molecular flexibility index (Phi) is 1.21. The van der Waals surface area contributed by atoms with Crippen LogP contribution in [0.25, 0.3) is 21.1 Å². The quantitative estimate of drug-likeness (QED) is 0.589. The van der Waals surface area contributed by atoms with Gasteiger partial charge in [-0.1, -0.05) is 6.07 Å². The summed E-state index contributed by atoms with van der Waals surface area (Å²) < 4.78 is 6.38. The lowest BCUT2D eigenvalue weighted by Crippen LogP contribution is -1.64. The number of thiophene rings is 1. The summed E-state index contributed by atoms with van der Waals surface area (Å²) in [5, 5.41) is 13.4. The van der Waals surface area contributed by atoms with E-state index in [9.17, 15) is 5.11 Å². The number of rotatable bonds is 0. The van der Waals surface area contributed by atoms with Gasteiger partial charge in [-0.25, -0.2) is 0 Å². The van der Waals surface area contributed by atoms with E-state index in [4.69, 9.17) is 4.42 Å². The van der Waals surface area contributed by atoms with Crippen LogP contribution in [-0.2, 0) is 0 Å². The van der Waals surface area contributed by atoms with Gasteiger partial charge < -0.3 is 9.52 Å². The first-order valence-electron chi connectivity index (χ1n) is 3.92. The van der Waals surface area contributed by atoms with Crippen LogP contribution in [0.4, 0.5) is 0 Å². The molecule has 0 bridgehead atoms. The summed E-state index contributed by atoms with van der Waals surface area (Å²) >= 11 is 1.63. The van der Waals surface area contributed by atoms with Crippen LogP contribution in [0.5, 0.6) is 5.75 Å². The molecular weight excluding hydrogens is 184 g/mol. The molecule has 0 amide bonds. The third-order valence-electron chi connectivity index (χ3n) is 2.14. The van der Waals surface area contributed by atoms with Crippen LogP contribution in [0.2, 0.25) is 0 Å². The number of benzene rings is 1. The minimum absolute atomic E-state index is 0.213. The zero-order valence-electron chi connectivity index (χ0n) is 6.65. The molecule has 0 aliphatic rings. The Hall–Kier alpha value is -1.48. The fourth-order valence-electron chi connectivity index (χ4n) is 1.50. The molecule has 2 heterocycles. The van der Waals surface area contributed by atoms with Gasteiger partial charge in [0.05, 0.1) is 10.1 Å². The van der Waals surface area contributed by atoms with Gasteiger partial charge in [0.25, 0.3) is 0 Å². The van der Waals surface area contributed by atoms with Gasteiger partial charge in [-0.05, 0) is 22.9 Å². The van der Waals surface area contributed by atoms with E-state index in [0.717, 1.165) is 21.1 Å². The van der Waals surface area contributed by atoms with E-state index in [-0.39, 0.29) is 5.75 Å². The molecule has 0 atom stereocenters. The summed E-state index contributed by atoms with van der Waals surface area (Å²) in [6, 6.07) is 5.91. The third-order valence-corrected chi connectivity index (χ3v) is 3.07. The first-order valence-corrected chi connectivity index (χ1v) is 4.80. The lowest BCUT2D eigenvalue weighted by molar-refractivity contribution is 0.465. The molecule has 0 aliphatic carbocycles. The lowest BCUT2D eigenvalue weighted by atomic mass is 10.2. The molecule has 3 rings (SSSR count). The first kappa shape index (κ1) is 6.97. The van der Waals surface area contributed by atoms with Gasteiger partial charge in [0.15, 0.2) is 11.3 Å². The van der Waals surface area contributed by atoms with E-state index >= 15 is 0 Å². The van der Waals surface area contributed by atoms with E-state index in [1.165, 1.54) is 6.26 Å². The maximum absolute atomic E-state index is 9.42. The first-order chi connectivity index (χ1) is 6.36. The smallest absolute Gasteiger partial charge is 0.161 e. The summed E-state index contributed by atoms with van der Waals surface area (Å²) in [6.07, 6.45) is 1.38. The maximum atomic E-state index is 9.42. The van der Waals surface area contributed by atoms with Crippen molar-refractivity contribution in [2.24, 2.45) is 0 Å². The van der Waals surface area contributed by atoms with Crippen LogP contribution >= 0.6 is 11.3 Å². The average molecular weight is 190 g/mol. The van der Waals surface area contributed by atoms with E-state index < -0.39 is 0 Å². The van der Waals surface area contributed by atoms with Crippen molar-refractivity contribution in [2.45, 2.75) is 0 Å². The van der Waals surface area contributed by atoms with Gasteiger partial charge in [-0.15, -0.1) is 11.3 Å². The number of furan rings is 1. The van der Waals surface area contributed by atoms with Gasteiger partial charge in [0, 0.05) is 0 Å². The zero-order chi connectivity index (χ0) is 8.84. The molecule has 0 spiro atoms. The van der Waals surface area contributed by atoms with Crippen molar-refractivity contribution in [2.75, 3.05) is 0 Å². The van der Waals surface area contributed by atoms with Crippen molar-refractivity contribution in [3.8, 4) is 5.75 Å². The van der Waals surface area contributed by atoms with Crippen LogP contribution in [0.1, 0.15) is 0 Å². The maximum Gasteiger partial charge on any atom is 0.161 e. The van der Waals surface area contributed by atoms with Gasteiger partial charge in [-0.2, -0.15) is 0 Å². The summed E-state index contributed by atoms with van der Waals surface area (Å²) in [5.74, 6) is 0.213. The van der Waals surface area contributed by atoms with Crippen molar-refractivity contribution in [1.82, 2.24) is 0 Å². The Labute approximate surface area is 78.0 Å². The molecule has 0 saturated carbocycles. The Morgan fingerprint density at radius 1 is 1.23 bits per heavy atom. The topological polar surface area (TPSA) is 33.4 Å². The number of aromatic hydroxyl groups is 1. The molecule has 1 N–H and O–H groups in total. The molecule has 0 fully saturated rings. The summed E-state index contributed by atoms with van der Waals surface area (Å²) in [4.78, 5) is 0. The SMILES string of the molecule is Oc1coc2c1ccc1ccsc12. The van der Waals surface area contributed by atoms with Crippen LogP contribution in [0.3, 0.4) is 0 Å². The van der Waals surface area contributed by atoms with Crippen molar-refractivity contribution in [3.05, 3.63) is 29.8 Å². The van der Waals surface area contributed by atoms with Crippen molar-refractivity contribution in [3.63, 3.8) is 0 Å². The monoisotopic (exact) mass is 190 g/mol. The van der Waals surface area contributed by atoms with Crippen LogP contribution in [0.15, 0.2) is 34.3 Å². The molecule has 64 valence electrons. The second-order valence-corrected chi connectivity index (χ2v) is 3.82. The van der Waals surface area contributed by atoms with Crippen LogP contribution < -0.4 is 0 Å². The Balaban J connectivity index is 2.66. The highest BCUT2D eigenvalue weighted by atomic mass is 32.1. The second-order valence-electron chi connectivity index (χ2n) is 2.90. The average Bonchev–Trinajstić information content (AvgIpc) is 2.70. The van der Waals surface area contributed by atoms with Crippen LogP contribution in [-0.4, -0.2) is 5.11 Å². The Bertz CT molecular complexity index is 577. The third kappa shape index (κ3) is 0.820. The zero-order valence-corrected chi connectivity index (χ0v) is 7.47. The Morgan fingerprint density at radius 3 is 3.08 bits per heavy atom. The fraction of sp³-hybridized carbons (Fsp3) is 0. The molecule has 1 aromatic carbocycles. The lowest BCUT2D eigenvalue weighted by Gasteiger charge is -1.90. The summed E-state index contributed by atoms with van der Waals surface area (Å²) in [7, 11) is 0. The minimum atomic E-state index is 0.213. The predicted molar refractivity (Wildman–Crippen MR) is 53.3 cm³/mol. The molecular formula is C10H6O2S. The van der Waals surface area contributed by atoms with E-state index in [1.54, 1.807) is 11.3 Å². The fourth-order valence-corrected chi connectivity index (χ4v) is 2.39. The normalized spacial score (nSPS) is 11.4. The van der Waals surface area contributed by atoms with Gasteiger partial charge in [-0.3, -0.25) is 0 Å². The van der Waals surface area contributed by atoms with Crippen molar-refractivity contribution in [1.29, 1.82) is 0 Å². The second kappa shape index (κ2) is 2.26. The molecule has 0 aliphatic heterocycles. The largest absolute Gasteiger partial charge is 0.504 e. The highest BCUT2D eigenvalue weighted by Gasteiger charge is 2.08. The Morgan fingerprint density at radius 2 is 2.15 bits per heavy atom. The predicted octanol–water partition coefficient (Wildman–Crippen LogP) is 3.35. The molecule has 0 saturated heterocycles. The van der Waals surface area contributed by atoms with Gasteiger partial charge in [0.2, 0.25) is 0 Å². The highest BCUT2D eigenvalue weighted by Crippen LogP contribution is 2.35. The number of hydrogen-bond acceptors (Lipinski definition) is 3. The molecule has 3 heteroatoms. The summed E-state index contributed by atoms with van der Waals surface area (Å²) in [6.45, 7) is 0. The molecule has 0 radical (unpaired) electrons. The van der Waals surface area contributed by atoms with Gasteiger partial charge >= 0.3 is 0 Å².